The van der Waals surface area contributed by atoms with Crippen LogP contribution in [0.5, 0.6) is 0 Å². The summed E-state index contributed by atoms with van der Waals surface area (Å²) in [6.07, 6.45) is 2.74. The molecule has 5 heteroatoms. The molecule has 0 bridgehead atoms. The SMILES string of the molecule is C[C@H](N)[C@@H]1CCCN(C(=O)Cc2ccc(Br)s2)C1. The highest BCUT2D eigenvalue weighted by molar-refractivity contribution is 9.11. The quantitative estimate of drug-likeness (QED) is 0.926. The summed E-state index contributed by atoms with van der Waals surface area (Å²) in [5.74, 6) is 0.687. The van der Waals surface area contributed by atoms with Crippen molar-refractivity contribution in [2.75, 3.05) is 13.1 Å². The van der Waals surface area contributed by atoms with Crippen molar-refractivity contribution in [1.29, 1.82) is 0 Å². The molecular formula is C13H19BrN2OS. The first-order chi connectivity index (χ1) is 8.56. The van der Waals surface area contributed by atoms with Crippen LogP contribution in [-0.4, -0.2) is 29.9 Å². The minimum atomic E-state index is 0.177. The normalized spacial score (nSPS) is 21.9. The fourth-order valence-corrected chi connectivity index (χ4v) is 3.85. The Kier molecular flexibility index (Phi) is 4.81. The van der Waals surface area contributed by atoms with Crippen LogP contribution in [-0.2, 0) is 11.2 Å². The summed E-state index contributed by atoms with van der Waals surface area (Å²) in [6.45, 7) is 3.74. The van der Waals surface area contributed by atoms with Gasteiger partial charge in [-0.1, -0.05) is 0 Å². The lowest BCUT2D eigenvalue weighted by Crippen LogP contribution is -2.45. The molecule has 1 aromatic heterocycles. The largest absolute Gasteiger partial charge is 0.342 e. The lowest BCUT2D eigenvalue weighted by atomic mass is 9.92. The van der Waals surface area contributed by atoms with Gasteiger partial charge in [-0.15, -0.1) is 11.3 Å². The van der Waals surface area contributed by atoms with E-state index < -0.39 is 0 Å². The van der Waals surface area contributed by atoms with E-state index in [-0.39, 0.29) is 11.9 Å². The molecule has 1 aliphatic heterocycles. The lowest BCUT2D eigenvalue weighted by Gasteiger charge is -2.34. The van der Waals surface area contributed by atoms with Crippen molar-refractivity contribution < 1.29 is 4.79 Å². The van der Waals surface area contributed by atoms with Crippen molar-refractivity contribution in [1.82, 2.24) is 4.90 Å². The minimum absolute atomic E-state index is 0.177. The molecule has 2 N–H and O–H groups in total. The zero-order chi connectivity index (χ0) is 13.1. The third-order valence-electron chi connectivity index (χ3n) is 3.51. The van der Waals surface area contributed by atoms with Gasteiger partial charge in [-0.3, -0.25) is 4.79 Å². The van der Waals surface area contributed by atoms with Gasteiger partial charge in [-0.05, 0) is 53.7 Å². The minimum Gasteiger partial charge on any atom is -0.342 e. The fraction of sp³-hybridized carbons (Fsp3) is 0.615. The van der Waals surface area contributed by atoms with E-state index in [1.165, 1.54) is 0 Å². The van der Waals surface area contributed by atoms with E-state index >= 15 is 0 Å². The summed E-state index contributed by atoms with van der Waals surface area (Å²) < 4.78 is 1.08. The molecule has 3 nitrogen and oxygen atoms in total. The Morgan fingerprint density at radius 1 is 1.67 bits per heavy atom. The van der Waals surface area contributed by atoms with Crippen molar-refractivity contribution in [2.24, 2.45) is 11.7 Å². The number of hydrogen-bond acceptors (Lipinski definition) is 3. The molecule has 1 fully saturated rings. The van der Waals surface area contributed by atoms with Gasteiger partial charge in [-0.25, -0.2) is 0 Å². The van der Waals surface area contributed by atoms with Crippen LogP contribution in [0.1, 0.15) is 24.6 Å². The van der Waals surface area contributed by atoms with Crippen molar-refractivity contribution in [3.05, 3.63) is 20.8 Å². The van der Waals surface area contributed by atoms with Gasteiger partial charge in [0.1, 0.15) is 0 Å². The highest BCUT2D eigenvalue weighted by atomic mass is 79.9. The van der Waals surface area contributed by atoms with Crippen LogP contribution in [0, 0.1) is 5.92 Å². The number of rotatable bonds is 3. The number of likely N-dealkylation sites (tertiary alicyclic amines) is 1. The second kappa shape index (κ2) is 6.17. The van der Waals surface area contributed by atoms with Crippen LogP contribution in [0.3, 0.4) is 0 Å². The molecule has 0 saturated carbocycles. The van der Waals surface area contributed by atoms with E-state index in [1.807, 2.05) is 24.0 Å². The Bertz CT molecular complexity index is 419. The van der Waals surface area contributed by atoms with Crippen LogP contribution in [0.2, 0.25) is 0 Å². The van der Waals surface area contributed by atoms with Crippen molar-refractivity contribution in [3.8, 4) is 0 Å². The molecule has 0 radical (unpaired) electrons. The Hall–Kier alpha value is -0.390. The van der Waals surface area contributed by atoms with Crippen LogP contribution in [0.15, 0.2) is 15.9 Å². The molecular weight excluding hydrogens is 312 g/mol. The fourth-order valence-electron chi connectivity index (χ4n) is 2.37. The number of thiophene rings is 1. The van der Waals surface area contributed by atoms with Gasteiger partial charge >= 0.3 is 0 Å². The number of hydrogen-bond donors (Lipinski definition) is 1. The molecule has 1 saturated heterocycles. The topological polar surface area (TPSA) is 46.3 Å². The van der Waals surface area contributed by atoms with Crippen LogP contribution in [0.4, 0.5) is 0 Å². The summed E-state index contributed by atoms with van der Waals surface area (Å²) in [6, 6.07) is 4.19. The molecule has 2 heterocycles. The molecule has 0 unspecified atom stereocenters. The van der Waals surface area contributed by atoms with E-state index in [2.05, 4.69) is 15.9 Å². The van der Waals surface area contributed by atoms with Crippen molar-refractivity contribution in [3.63, 3.8) is 0 Å². The van der Waals surface area contributed by atoms with Crippen molar-refractivity contribution >= 4 is 33.2 Å². The number of nitrogens with zero attached hydrogens (tertiary/aromatic N) is 1. The third-order valence-corrected chi connectivity index (χ3v) is 5.13. The van der Waals surface area contributed by atoms with Gasteiger partial charge in [0.2, 0.25) is 5.91 Å². The Balaban J connectivity index is 1.92. The highest BCUT2D eigenvalue weighted by Gasteiger charge is 2.25. The summed E-state index contributed by atoms with van der Waals surface area (Å²) in [7, 11) is 0. The highest BCUT2D eigenvalue weighted by Crippen LogP contribution is 2.24. The Labute approximate surface area is 120 Å². The zero-order valence-electron chi connectivity index (χ0n) is 10.6. The third kappa shape index (κ3) is 3.56. The summed E-state index contributed by atoms with van der Waals surface area (Å²) in [4.78, 5) is 15.3. The molecule has 0 aliphatic carbocycles. The molecule has 1 aromatic rings. The Morgan fingerprint density at radius 3 is 3.06 bits per heavy atom. The molecule has 18 heavy (non-hydrogen) atoms. The number of piperidine rings is 1. The maximum Gasteiger partial charge on any atom is 0.227 e. The van der Waals surface area contributed by atoms with E-state index in [4.69, 9.17) is 5.73 Å². The van der Waals surface area contributed by atoms with Gasteiger partial charge < -0.3 is 10.6 Å². The number of amides is 1. The first-order valence-corrected chi connectivity index (χ1v) is 7.95. The van der Waals surface area contributed by atoms with E-state index in [9.17, 15) is 4.79 Å². The van der Waals surface area contributed by atoms with E-state index in [0.717, 1.165) is 34.6 Å². The molecule has 1 aliphatic rings. The lowest BCUT2D eigenvalue weighted by molar-refractivity contribution is -0.132. The van der Waals surface area contributed by atoms with Gasteiger partial charge in [0.15, 0.2) is 0 Å². The molecule has 0 spiro atoms. The molecule has 2 atom stereocenters. The molecule has 2 rings (SSSR count). The summed E-state index contributed by atoms with van der Waals surface area (Å²) >= 11 is 5.06. The first kappa shape index (κ1) is 14.0. The van der Waals surface area contributed by atoms with Crippen LogP contribution < -0.4 is 5.73 Å². The summed E-state index contributed by atoms with van der Waals surface area (Å²) in [5, 5.41) is 0. The maximum absolute atomic E-state index is 12.2. The smallest absolute Gasteiger partial charge is 0.227 e. The van der Waals surface area contributed by atoms with Crippen LogP contribution in [0.25, 0.3) is 0 Å². The van der Waals surface area contributed by atoms with Gasteiger partial charge in [0.05, 0.1) is 10.2 Å². The second-order valence-electron chi connectivity index (χ2n) is 4.98. The van der Waals surface area contributed by atoms with E-state index in [1.54, 1.807) is 11.3 Å². The number of nitrogens with two attached hydrogens (primary N) is 1. The molecule has 100 valence electrons. The first-order valence-electron chi connectivity index (χ1n) is 6.34. The van der Waals surface area contributed by atoms with E-state index in [0.29, 0.717) is 12.3 Å². The summed E-state index contributed by atoms with van der Waals surface area (Å²) in [5.41, 5.74) is 5.94. The van der Waals surface area contributed by atoms with Crippen LogP contribution >= 0.6 is 27.3 Å². The van der Waals surface area contributed by atoms with Gasteiger partial charge in [-0.2, -0.15) is 0 Å². The number of halogens is 1. The van der Waals surface area contributed by atoms with Gasteiger partial charge in [0, 0.05) is 24.0 Å². The average Bonchev–Trinajstić information content (AvgIpc) is 2.75. The second-order valence-corrected chi connectivity index (χ2v) is 7.53. The predicted molar refractivity (Wildman–Crippen MR) is 78.7 cm³/mol. The Morgan fingerprint density at radius 2 is 2.44 bits per heavy atom. The standard InChI is InChI=1S/C13H19BrN2OS/c1-9(15)10-3-2-6-16(8-10)13(17)7-11-4-5-12(14)18-11/h4-5,9-10H,2-3,6-8,15H2,1H3/t9-,10+/m0/s1. The predicted octanol–water partition coefficient (Wildman–Crippen LogP) is 2.64. The zero-order valence-corrected chi connectivity index (χ0v) is 13.0. The number of carbonyl (C=O) groups excluding carboxylic acids is 1. The maximum atomic E-state index is 12.2. The molecule has 1 amide bonds. The average molecular weight is 331 g/mol. The number of carbonyl (C=O) groups is 1. The van der Waals surface area contributed by atoms with Gasteiger partial charge in [0.25, 0.3) is 0 Å². The van der Waals surface area contributed by atoms with Crippen molar-refractivity contribution in [2.45, 2.75) is 32.2 Å². The monoisotopic (exact) mass is 330 g/mol. The molecule has 0 aromatic carbocycles.